The van der Waals surface area contributed by atoms with Crippen LogP contribution < -0.4 is 15.4 Å². The number of carbonyl (C=O) groups excluding carboxylic acids is 1. The third-order valence-electron chi connectivity index (χ3n) is 3.34. The zero-order chi connectivity index (χ0) is 17.2. The van der Waals surface area contributed by atoms with Crippen LogP contribution in [0.25, 0.3) is 0 Å². The van der Waals surface area contributed by atoms with Crippen molar-refractivity contribution in [2.45, 2.75) is 19.8 Å². The lowest BCUT2D eigenvalue weighted by molar-refractivity contribution is 0.0976. The van der Waals surface area contributed by atoms with Crippen molar-refractivity contribution in [1.82, 2.24) is 10.6 Å². The molecule has 0 aromatic heterocycles. The summed E-state index contributed by atoms with van der Waals surface area (Å²) in [6, 6.07) is 17.2. The van der Waals surface area contributed by atoms with Crippen molar-refractivity contribution in [1.29, 1.82) is 0 Å². The second-order valence-corrected chi connectivity index (χ2v) is 5.73. The topological polar surface area (TPSA) is 50.4 Å². The van der Waals surface area contributed by atoms with Gasteiger partial charge in [0.2, 0.25) is 0 Å². The fourth-order valence-corrected chi connectivity index (χ4v) is 2.33. The maximum absolute atomic E-state index is 12.2. The van der Waals surface area contributed by atoms with E-state index < -0.39 is 0 Å². The maximum atomic E-state index is 12.2. The van der Waals surface area contributed by atoms with E-state index in [0.29, 0.717) is 29.6 Å². The largest absolute Gasteiger partial charge is 0.494 e. The molecule has 126 valence electrons. The Morgan fingerprint density at radius 2 is 1.92 bits per heavy atom. The Balaban J connectivity index is 1.79. The minimum Gasteiger partial charge on any atom is -0.494 e. The van der Waals surface area contributed by atoms with Gasteiger partial charge in [-0.15, -0.1) is 0 Å². The summed E-state index contributed by atoms with van der Waals surface area (Å²) in [5.41, 5.74) is 1.75. The highest BCUT2D eigenvalue weighted by molar-refractivity contribution is 7.80. The predicted molar refractivity (Wildman–Crippen MR) is 100 cm³/mol. The SMILES string of the molecule is CCCOc1cccc(C(=O)NC(=S)NCCc2ccccc2)c1. The van der Waals surface area contributed by atoms with Gasteiger partial charge in [-0.2, -0.15) is 0 Å². The van der Waals surface area contributed by atoms with E-state index in [0.717, 1.165) is 12.8 Å². The van der Waals surface area contributed by atoms with Gasteiger partial charge in [0, 0.05) is 12.1 Å². The van der Waals surface area contributed by atoms with Gasteiger partial charge in [-0.3, -0.25) is 10.1 Å². The van der Waals surface area contributed by atoms with E-state index >= 15 is 0 Å². The van der Waals surface area contributed by atoms with Gasteiger partial charge in [-0.25, -0.2) is 0 Å². The first-order valence-electron chi connectivity index (χ1n) is 8.05. The molecule has 0 bridgehead atoms. The Hall–Kier alpha value is -2.40. The molecule has 0 unspecified atom stereocenters. The normalized spacial score (nSPS) is 10.0. The Bertz CT molecular complexity index is 674. The van der Waals surface area contributed by atoms with Crippen molar-refractivity contribution >= 4 is 23.2 Å². The third-order valence-corrected chi connectivity index (χ3v) is 3.58. The van der Waals surface area contributed by atoms with Crippen molar-refractivity contribution in [2.75, 3.05) is 13.2 Å². The van der Waals surface area contributed by atoms with Gasteiger partial charge in [0.15, 0.2) is 5.11 Å². The van der Waals surface area contributed by atoms with Gasteiger partial charge < -0.3 is 10.1 Å². The Morgan fingerprint density at radius 1 is 1.12 bits per heavy atom. The lowest BCUT2D eigenvalue weighted by Gasteiger charge is -2.10. The Kier molecular flexibility index (Phi) is 7.23. The van der Waals surface area contributed by atoms with Crippen molar-refractivity contribution in [3.63, 3.8) is 0 Å². The number of benzene rings is 2. The van der Waals surface area contributed by atoms with E-state index in [1.54, 1.807) is 18.2 Å². The second-order valence-electron chi connectivity index (χ2n) is 5.32. The molecule has 2 N–H and O–H groups in total. The van der Waals surface area contributed by atoms with Gasteiger partial charge >= 0.3 is 0 Å². The average molecular weight is 342 g/mol. The van der Waals surface area contributed by atoms with Crippen molar-refractivity contribution in [3.8, 4) is 5.75 Å². The molecular formula is C19H22N2O2S. The van der Waals surface area contributed by atoms with Crippen LogP contribution in [-0.4, -0.2) is 24.2 Å². The van der Waals surface area contributed by atoms with E-state index in [-0.39, 0.29) is 5.91 Å². The Morgan fingerprint density at radius 3 is 2.67 bits per heavy atom. The molecule has 2 aromatic rings. The average Bonchev–Trinajstić information content (AvgIpc) is 2.61. The highest BCUT2D eigenvalue weighted by Gasteiger charge is 2.08. The number of hydrogen-bond donors (Lipinski definition) is 2. The molecule has 5 heteroatoms. The summed E-state index contributed by atoms with van der Waals surface area (Å²) in [7, 11) is 0. The molecule has 2 rings (SSSR count). The molecule has 0 aliphatic carbocycles. The summed E-state index contributed by atoms with van der Waals surface area (Å²) >= 11 is 5.17. The number of nitrogens with one attached hydrogen (secondary N) is 2. The second kappa shape index (κ2) is 9.67. The summed E-state index contributed by atoms with van der Waals surface area (Å²) in [6.07, 6.45) is 1.77. The summed E-state index contributed by atoms with van der Waals surface area (Å²) < 4.78 is 5.54. The van der Waals surface area contributed by atoms with Crippen LogP contribution in [0.5, 0.6) is 5.75 Å². The first-order chi connectivity index (χ1) is 11.7. The fraction of sp³-hybridized carbons (Fsp3) is 0.263. The molecule has 0 atom stereocenters. The number of ether oxygens (including phenoxy) is 1. The molecule has 0 saturated heterocycles. The zero-order valence-electron chi connectivity index (χ0n) is 13.7. The molecule has 0 fully saturated rings. The lowest BCUT2D eigenvalue weighted by atomic mass is 10.1. The van der Waals surface area contributed by atoms with E-state index in [4.69, 9.17) is 17.0 Å². The van der Waals surface area contributed by atoms with E-state index in [9.17, 15) is 4.79 Å². The molecule has 0 radical (unpaired) electrons. The summed E-state index contributed by atoms with van der Waals surface area (Å²) in [5.74, 6) is 0.446. The van der Waals surface area contributed by atoms with Crippen LogP contribution in [0.3, 0.4) is 0 Å². The number of rotatable bonds is 7. The van der Waals surface area contributed by atoms with Crippen LogP contribution in [0.15, 0.2) is 54.6 Å². The van der Waals surface area contributed by atoms with Crippen molar-refractivity contribution < 1.29 is 9.53 Å². The van der Waals surface area contributed by atoms with Crippen LogP contribution in [0.4, 0.5) is 0 Å². The number of hydrogen-bond acceptors (Lipinski definition) is 3. The molecule has 0 saturated carbocycles. The summed E-state index contributed by atoms with van der Waals surface area (Å²) in [6.45, 7) is 3.34. The van der Waals surface area contributed by atoms with Gasteiger partial charge in [0.05, 0.1) is 6.61 Å². The monoisotopic (exact) mass is 342 g/mol. The number of thiocarbonyl (C=S) groups is 1. The number of carbonyl (C=O) groups is 1. The van der Waals surface area contributed by atoms with Crippen LogP contribution in [-0.2, 0) is 6.42 Å². The van der Waals surface area contributed by atoms with Crippen molar-refractivity contribution in [2.24, 2.45) is 0 Å². The fourth-order valence-electron chi connectivity index (χ4n) is 2.13. The van der Waals surface area contributed by atoms with E-state index in [2.05, 4.69) is 22.8 Å². The zero-order valence-corrected chi connectivity index (χ0v) is 14.6. The number of amides is 1. The quantitative estimate of drug-likeness (QED) is 0.758. The smallest absolute Gasteiger partial charge is 0.257 e. The molecular weight excluding hydrogens is 320 g/mol. The highest BCUT2D eigenvalue weighted by atomic mass is 32.1. The highest BCUT2D eigenvalue weighted by Crippen LogP contribution is 2.13. The van der Waals surface area contributed by atoms with Gasteiger partial charge in [0.25, 0.3) is 5.91 Å². The van der Waals surface area contributed by atoms with E-state index in [1.807, 2.05) is 31.2 Å². The minimum atomic E-state index is -0.242. The molecule has 0 aliphatic heterocycles. The maximum Gasteiger partial charge on any atom is 0.257 e. The minimum absolute atomic E-state index is 0.242. The van der Waals surface area contributed by atoms with Crippen LogP contribution in [0.1, 0.15) is 29.3 Å². The van der Waals surface area contributed by atoms with Crippen LogP contribution in [0, 0.1) is 0 Å². The lowest BCUT2D eigenvalue weighted by Crippen LogP contribution is -2.40. The standard InChI is InChI=1S/C19H22N2O2S/c1-2-13-23-17-10-6-9-16(14-17)18(22)21-19(24)20-12-11-15-7-4-3-5-8-15/h3-10,14H,2,11-13H2,1H3,(H2,20,21,22,24). The summed E-state index contributed by atoms with van der Waals surface area (Å²) in [4.78, 5) is 12.2. The molecule has 0 spiro atoms. The molecule has 0 heterocycles. The van der Waals surface area contributed by atoms with Gasteiger partial charge in [-0.05, 0) is 48.8 Å². The summed E-state index contributed by atoms with van der Waals surface area (Å²) in [5, 5.41) is 6.07. The molecule has 2 aromatic carbocycles. The first kappa shape index (κ1) is 17.9. The predicted octanol–water partition coefficient (Wildman–Crippen LogP) is 3.32. The van der Waals surface area contributed by atoms with E-state index in [1.165, 1.54) is 5.56 Å². The first-order valence-corrected chi connectivity index (χ1v) is 8.46. The molecule has 24 heavy (non-hydrogen) atoms. The van der Waals surface area contributed by atoms with Crippen molar-refractivity contribution in [3.05, 3.63) is 65.7 Å². The van der Waals surface area contributed by atoms with Crippen LogP contribution >= 0.6 is 12.2 Å². The molecule has 4 nitrogen and oxygen atoms in total. The molecule has 0 aliphatic rings. The Labute approximate surface area is 148 Å². The third kappa shape index (κ3) is 6.01. The van der Waals surface area contributed by atoms with Gasteiger partial charge in [-0.1, -0.05) is 43.3 Å². The van der Waals surface area contributed by atoms with Gasteiger partial charge in [0.1, 0.15) is 5.75 Å². The van der Waals surface area contributed by atoms with Crippen LogP contribution in [0.2, 0.25) is 0 Å². The molecule has 1 amide bonds.